The summed E-state index contributed by atoms with van der Waals surface area (Å²) in [5.41, 5.74) is 2.25. The lowest BCUT2D eigenvalue weighted by molar-refractivity contribution is -0.125. The summed E-state index contributed by atoms with van der Waals surface area (Å²) in [6, 6.07) is 18.2. The molecule has 0 aliphatic carbocycles. The molecule has 4 rings (SSSR count). The summed E-state index contributed by atoms with van der Waals surface area (Å²) in [5, 5.41) is 2.78. The van der Waals surface area contributed by atoms with Crippen LogP contribution in [0.2, 0.25) is 0 Å². The number of carbonyl (C=O) groups excluding carboxylic acids is 2. The van der Waals surface area contributed by atoms with Gasteiger partial charge in [0, 0.05) is 11.8 Å². The molecule has 0 spiro atoms. The molecule has 0 bridgehead atoms. The molecule has 1 aliphatic heterocycles. The number of furan rings is 1. The Morgan fingerprint density at radius 2 is 1.93 bits per heavy atom. The maximum atomic E-state index is 12.7. The zero-order valence-electron chi connectivity index (χ0n) is 15.0. The monoisotopic (exact) mass is 440 g/mol. The highest BCUT2D eigenvalue weighted by Crippen LogP contribution is 2.37. The zero-order valence-corrected chi connectivity index (χ0v) is 16.6. The zero-order chi connectivity index (χ0) is 19.7. The van der Waals surface area contributed by atoms with Crippen LogP contribution in [0.5, 0.6) is 5.75 Å². The van der Waals surface area contributed by atoms with Gasteiger partial charge in [-0.2, -0.15) is 0 Å². The van der Waals surface area contributed by atoms with Gasteiger partial charge in [0.1, 0.15) is 5.75 Å². The first-order valence-corrected chi connectivity index (χ1v) is 9.53. The van der Waals surface area contributed by atoms with E-state index in [-0.39, 0.29) is 17.6 Å². The van der Waals surface area contributed by atoms with Crippen molar-refractivity contribution in [1.29, 1.82) is 0 Å². The van der Waals surface area contributed by atoms with E-state index in [0.717, 1.165) is 5.56 Å². The van der Waals surface area contributed by atoms with Crippen LogP contribution in [0, 0.1) is 0 Å². The van der Waals surface area contributed by atoms with Crippen LogP contribution < -0.4 is 15.0 Å². The van der Waals surface area contributed by atoms with E-state index >= 15 is 0 Å². The smallest absolute Gasteiger partial charge is 0.291 e. The fourth-order valence-electron chi connectivity index (χ4n) is 3.05. The first-order valence-electron chi connectivity index (χ1n) is 8.74. The number of carbonyl (C=O) groups is 2. The summed E-state index contributed by atoms with van der Waals surface area (Å²) in [7, 11) is 0. The number of fused-ring (bicyclic) bond motifs is 1. The van der Waals surface area contributed by atoms with Crippen molar-refractivity contribution in [2.45, 2.75) is 19.6 Å². The summed E-state index contributed by atoms with van der Waals surface area (Å²) in [6.07, 6.45) is -0.608. The molecule has 6 nitrogen and oxygen atoms in total. The number of amides is 2. The second-order valence-electron chi connectivity index (χ2n) is 6.41. The molecule has 2 aromatic carbocycles. The molecule has 1 aliphatic rings. The lowest BCUT2D eigenvalue weighted by Crippen LogP contribution is -2.44. The lowest BCUT2D eigenvalue weighted by Gasteiger charge is -2.33. The molecule has 1 aromatic heterocycles. The third-order valence-electron chi connectivity index (χ3n) is 4.41. The second kappa shape index (κ2) is 7.52. The third kappa shape index (κ3) is 3.66. The summed E-state index contributed by atoms with van der Waals surface area (Å²) >= 11 is 3.18. The standard InChI is InChI=1S/C21H17BrN2O4/c1-13-21(26)24(12-14-5-3-2-4-6-14)16-8-7-15(11-18(16)27-13)23-20(25)17-9-10-19(22)28-17/h2-11,13H,12H2,1H3,(H,23,25). The molecule has 1 atom stereocenters. The molecule has 0 saturated carbocycles. The van der Waals surface area contributed by atoms with Crippen molar-refractivity contribution in [3.63, 3.8) is 0 Å². The van der Waals surface area contributed by atoms with Crippen molar-refractivity contribution in [3.05, 3.63) is 76.7 Å². The lowest BCUT2D eigenvalue weighted by atomic mass is 10.1. The molecule has 2 amide bonds. The topological polar surface area (TPSA) is 71.8 Å². The van der Waals surface area contributed by atoms with E-state index in [1.165, 1.54) is 0 Å². The minimum Gasteiger partial charge on any atom is -0.479 e. The van der Waals surface area contributed by atoms with Gasteiger partial charge in [-0.1, -0.05) is 30.3 Å². The Balaban J connectivity index is 1.59. The Kier molecular flexibility index (Phi) is 4.92. The van der Waals surface area contributed by atoms with E-state index in [9.17, 15) is 9.59 Å². The highest BCUT2D eigenvalue weighted by molar-refractivity contribution is 9.10. The van der Waals surface area contributed by atoms with Crippen LogP contribution in [0.15, 0.2) is 69.8 Å². The number of nitrogens with zero attached hydrogens (tertiary/aromatic N) is 1. The molecular weight excluding hydrogens is 424 g/mol. The van der Waals surface area contributed by atoms with Gasteiger partial charge in [-0.3, -0.25) is 9.59 Å². The van der Waals surface area contributed by atoms with Crippen LogP contribution >= 0.6 is 15.9 Å². The minimum atomic E-state index is -0.608. The van der Waals surface area contributed by atoms with Gasteiger partial charge >= 0.3 is 0 Å². The van der Waals surface area contributed by atoms with Crippen LogP contribution in [0.3, 0.4) is 0 Å². The van der Waals surface area contributed by atoms with Crippen molar-refractivity contribution in [1.82, 2.24) is 0 Å². The predicted octanol–water partition coefficient (Wildman–Crippen LogP) is 4.61. The van der Waals surface area contributed by atoms with Crippen LogP contribution in [0.4, 0.5) is 11.4 Å². The molecule has 1 unspecified atom stereocenters. The summed E-state index contributed by atoms with van der Waals surface area (Å²) in [5.74, 6) is 0.265. The molecule has 0 fully saturated rings. The molecule has 3 aromatic rings. The molecule has 28 heavy (non-hydrogen) atoms. The average molecular weight is 441 g/mol. The second-order valence-corrected chi connectivity index (χ2v) is 7.19. The van der Waals surface area contributed by atoms with E-state index in [4.69, 9.17) is 9.15 Å². The van der Waals surface area contributed by atoms with Crippen LogP contribution in [0.1, 0.15) is 23.0 Å². The number of halogens is 1. The summed E-state index contributed by atoms with van der Waals surface area (Å²) in [6.45, 7) is 2.17. The van der Waals surface area contributed by atoms with E-state index in [1.807, 2.05) is 30.3 Å². The minimum absolute atomic E-state index is 0.103. The van der Waals surface area contributed by atoms with E-state index in [1.54, 1.807) is 42.2 Å². The first kappa shape index (κ1) is 18.3. The van der Waals surface area contributed by atoms with Gasteiger partial charge in [-0.15, -0.1) is 0 Å². The van der Waals surface area contributed by atoms with Gasteiger partial charge in [-0.05, 0) is 52.7 Å². The molecule has 7 heteroatoms. The third-order valence-corrected chi connectivity index (χ3v) is 4.83. The number of nitrogens with one attached hydrogen (secondary N) is 1. The summed E-state index contributed by atoms with van der Waals surface area (Å²) in [4.78, 5) is 26.6. The Labute approximate surface area is 170 Å². The maximum absolute atomic E-state index is 12.7. The predicted molar refractivity (Wildman–Crippen MR) is 109 cm³/mol. The van der Waals surface area contributed by atoms with Gasteiger partial charge in [0.2, 0.25) is 0 Å². The van der Waals surface area contributed by atoms with Gasteiger partial charge in [-0.25, -0.2) is 0 Å². The maximum Gasteiger partial charge on any atom is 0.291 e. The number of hydrogen-bond acceptors (Lipinski definition) is 4. The van der Waals surface area contributed by atoms with E-state index < -0.39 is 6.10 Å². The van der Waals surface area contributed by atoms with Gasteiger partial charge in [0.25, 0.3) is 11.8 Å². The molecule has 142 valence electrons. The molecule has 1 N–H and O–H groups in total. The van der Waals surface area contributed by atoms with E-state index in [0.29, 0.717) is 28.3 Å². The number of benzene rings is 2. The molecule has 0 radical (unpaired) electrons. The normalized spacial score (nSPS) is 15.7. The number of anilines is 2. The Morgan fingerprint density at radius 3 is 2.64 bits per heavy atom. The van der Waals surface area contributed by atoms with Crippen molar-refractivity contribution in [2.75, 3.05) is 10.2 Å². The van der Waals surface area contributed by atoms with Crippen molar-refractivity contribution >= 4 is 39.1 Å². The fourth-order valence-corrected chi connectivity index (χ4v) is 3.35. The van der Waals surface area contributed by atoms with Gasteiger partial charge < -0.3 is 19.4 Å². The van der Waals surface area contributed by atoms with E-state index in [2.05, 4.69) is 21.2 Å². The molecular formula is C21H17BrN2O4. The quantitative estimate of drug-likeness (QED) is 0.642. The average Bonchev–Trinajstić information content (AvgIpc) is 3.13. The van der Waals surface area contributed by atoms with Crippen molar-refractivity contribution < 1.29 is 18.7 Å². The number of rotatable bonds is 4. The van der Waals surface area contributed by atoms with Crippen LogP contribution in [-0.2, 0) is 11.3 Å². The number of ether oxygens (including phenoxy) is 1. The highest BCUT2D eigenvalue weighted by Gasteiger charge is 2.31. The largest absolute Gasteiger partial charge is 0.479 e. The number of hydrogen-bond donors (Lipinski definition) is 1. The Morgan fingerprint density at radius 1 is 1.14 bits per heavy atom. The van der Waals surface area contributed by atoms with Gasteiger partial charge in [0.05, 0.1) is 12.2 Å². The summed E-state index contributed by atoms with van der Waals surface area (Å²) < 4.78 is 11.5. The molecule has 2 heterocycles. The highest BCUT2D eigenvalue weighted by atomic mass is 79.9. The Bertz CT molecular complexity index is 1030. The fraction of sp³-hybridized carbons (Fsp3) is 0.143. The first-order chi connectivity index (χ1) is 13.5. The van der Waals surface area contributed by atoms with Crippen molar-refractivity contribution in [3.8, 4) is 5.75 Å². The van der Waals surface area contributed by atoms with Crippen LogP contribution in [0.25, 0.3) is 0 Å². The van der Waals surface area contributed by atoms with Crippen molar-refractivity contribution in [2.24, 2.45) is 0 Å². The Hall–Kier alpha value is -3.06. The van der Waals surface area contributed by atoms with Crippen LogP contribution in [-0.4, -0.2) is 17.9 Å². The van der Waals surface area contributed by atoms with Gasteiger partial charge in [0.15, 0.2) is 16.5 Å². The SMILES string of the molecule is CC1Oc2cc(NC(=O)c3ccc(Br)o3)ccc2N(Cc2ccccc2)C1=O. The molecule has 0 saturated heterocycles.